The van der Waals surface area contributed by atoms with Crippen LogP contribution in [0.5, 0.6) is 0 Å². The number of pyridine rings is 1. The van der Waals surface area contributed by atoms with Gasteiger partial charge in [-0.3, -0.25) is 14.6 Å². The second kappa shape index (κ2) is 8.43. The zero-order valence-electron chi connectivity index (χ0n) is 16.2. The summed E-state index contributed by atoms with van der Waals surface area (Å²) in [5.41, 5.74) is 7.46. The van der Waals surface area contributed by atoms with Crippen LogP contribution in [0.25, 0.3) is 10.9 Å². The summed E-state index contributed by atoms with van der Waals surface area (Å²) in [6.07, 6.45) is 0.557. The number of rotatable bonds is 6. The van der Waals surface area contributed by atoms with Gasteiger partial charge in [0.1, 0.15) is 10.8 Å². The lowest BCUT2D eigenvalue weighted by molar-refractivity contribution is -0.127. The van der Waals surface area contributed by atoms with Crippen molar-refractivity contribution in [1.29, 1.82) is 0 Å². The molecule has 3 N–H and O–H groups in total. The highest BCUT2D eigenvalue weighted by Crippen LogP contribution is 2.28. The summed E-state index contributed by atoms with van der Waals surface area (Å²) in [6, 6.07) is 13.3. The number of piperazine rings is 1. The van der Waals surface area contributed by atoms with Crippen molar-refractivity contribution in [2.75, 3.05) is 26.2 Å². The summed E-state index contributed by atoms with van der Waals surface area (Å²) in [4.78, 5) is 32.6. The van der Waals surface area contributed by atoms with E-state index in [4.69, 9.17) is 17.3 Å². The molecule has 0 bridgehead atoms. The summed E-state index contributed by atoms with van der Waals surface area (Å²) in [5, 5.41) is 10.6. The van der Waals surface area contributed by atoms with Crippen LogP contribution in [0.1, 0.15) is 22.2 Å². The fraction of sp³-hybridized carbons (Fsp3) is 0.286. The van der Waals surface area contributed by atoms with Gasteiger partial charge >= 0.3 is 5.97 Å². The number of nitrogens with two attached hydrogens (primary N) is 1. The lowest BCUT2D eigenvalue weighted by atomic mass is 10.2. The molecule has 1 aliphatic heterocycles. The maximum atomic E-state index is 12.5. The number of carboxylic acids is 1. The van der Waals surface area contributed by atoms with Gasteiger partial charge in [0.05, 0.1) is 11.7 Å². The molecule has 8 nitrogen and oxygen atoms in total. The minimum atomic E-state index is -1.14. The van der Waals surface area contributed by atoms with Crippen molar-refractivity contribution >= 4 is 34.4 Å². The quantitative estimate of drug-likeness (QED) is 0.584. The van der Waals surface area contributed by atoms with Crippen molar-refractivity contribution in [3.8, 4) is 0 Å². The van der Waals surface area contributed by atoms with Crippen molar-refractivity contribution in [2.24, 2.45) is 5.73 Å². The molecule has 1 atom stereocenters. The van der Waals surface area contributed by atoms with Gasteiger partial charge < -0.3 is 15.4 Å². The zero-order valence-corrected chi connectivity index (χ0v) is 17.0. The van der Waals surface area contributed by atoms with Gasteiger partial charge in [0.15, 0.2) is 6.17 Å². The second-order valence-corrected chi connectivity index (χ2v) is 7.73. The third-order valence-corrected chi connectivity index (χ3v) is 5.62. The number of carbonyl (C=O) groups is 2. The van der Waals surface area contributed by atoms with Gasteiger partial charge in [-0.05, 0) is 17.7 Å². The van der Waals surface area contributed by atoms with Crippen LogP contribution in [0, 0.1) is 0 Å². The number of fused-ring (bicyclic) bond motifs is 1. The maximum absolute atomic E-state index is 12.5. The number of aromatic carboxylic acids is 1. The van der Waals surface area contributed by atoms with Crippen molar-refractivity contribution in [3.63, 3.8) is 0 Å². The van der Waals surface area contributed by atoms with E-state index >= 15 is 0 Å². The molecule has 0 saturated carbocycles. The van der Waals surface area contributed by atoms with Gasteiger partial charge in [0.2, 0.25) is 0 Å². The zero-order chi connectivity index (χ0) is 21.3. The molecular weight excluding hydrogens is 406 g/mol. The van der Waals surface area contributed by atoms with Gasteiger partial charge in [-0.25, -0.2) is 9.78 Å². The molecule has 0 spiro atoms. The number of halogens is 1. The van der Waals surface area contributed by atoms with Crippen molar-refractivity contribution < 1.29 is 14.7 Å². The number of carbonyl (C=O) groups excluding carboxylic acids is 1. The highest BCUT2D eigenvalue weighted by atomic mass is 35.5. The van der Waals surface area contributed by atoms with Gasteiger partial charge in [-0.2, -0.15) is 0 Å². The molecule has 3 heterocycles. The highest BCUT2D eigenvalue weighted by molar-refractivity contribution is 6.30. The smallest absolute Gasteiger partial charge is 0.352 e. The van der Waals surface area contributed by atoms with Crippen molar-refractivity contribution in [1.82, 2.24) is 19.4 Å². The number of carboxylic acid groups (broad SMARTS) is 1. The van der Waals surface area contributed by atoms with Crippen LogP contribution in [0.2, 0.25) is 5.15 Å². The number of nitrogens with zero attached hydrogens (tertiary/aromatic N) is 4. The van der Waals surface area contributed by atoms with E-state index in [0.29, 0.717) is 24.0 Å². The summed E-state index contributed by atoms with van der Waals surface area (Å²) in [6.45, 7) is 3.47. The summed E-state index contributed by atoms with van der Waals surface area (Å²) in [5.74, 6) is -1.75. The Morgan fingerprint density at radius 2 is 1.83 bits per heavy atom. The minimum absolute atomic E-state index is 0.0235. The number of primary amides is 1. The molecule has 1 unspecified atom stereocenters. The first-order valence-corrected chi connectivity index (χ1v) is 10.0. The molecule has 0 radical (unpaired) electrons. The number of hydrogen-bond donors (Lipinski definition) is 2. The normalized spacial score (nSPS) is 16.6. The largest absolute Gasteiger partial charge is 0.477 e. The van der Waals surface area contributed by atoms with Crippen LogP contribution in [0.4, 0.5) is 0 Å². The topological polar surface area (TPSA) is 105 Å². The summed E-state index contributed by atoms with van der Waals surface area (Å²) < 4.78 is 1.45. The van der Waals surface area contributed by atoms with E-state index in [-0.39, 0.29) is 10.8 Å². The molecule has 9 heteroatoms. The Balaban J connectivity index is 1.60. The van der Waals surface area contributed by atoms with Crippen LogP contribution >= 0.6 is 11.6 Å². The number of hydrogen-bond acceptors (Lipinski definition) is 5. The van der Waals surface area contributed by atoms with Gasteiger partial charge in [-0.15, -0.1) is 0 Å². The van der Waals surface area contributed by atoms with E-state index in [2.05, 4.69) is 22.0 Å². The molecule has 0 aliphatic carbocycles. The maximum Gasteiger partial charge on any atom is 0.352 e. The first-order chi connectivity index (χ1) is 14.4. The Morgan fingerprint density at radius 1 is 1.13 bits per heavy atom. The van der Waals surface area contributed by atoms with E-state index in [1.807, 2.05) is 23.1 Å². The average molecular weight is 428 g/mol. The fourth-order valence-corrected chi connectivity index (χ4v) is 4.17. The number of amides is 1. The second-order valence-electron chi connectivity index (χ2n) is 7.34. The average Bonchev–Trinajstić information content (AvgIpc) is 3.08. The first kappa shape index (κ1) is 20.3. The molecule has 1 aliphatic rings. The molecule has 30 heavy (non-hydrogen) atoms. The van der Waals surface area contributed by atoms with Crippen LogP contribution in [-0.4, -0.2) is 62.5 Å². The first-order valence-electron chi connectivity index (χ1n) is 9.63. The predicted octanol–water partition coefficient (Wildman–Crippen LogP) is 2.19. The van der Waals surface area contributed by atoms with Crippen LogP contribution in [-0.2, 0) is 11.3 Å². The monoisotopic (exact) mass is 427 g/mol. The molecule has 156 valence electrons. The van der Waals surface area contributed by atoms with E-state index < -0.39 is 18.0 Å². The molecule has 1 aromatic carbocycles. The fourth-order valence-electron chi connectivity index (χ4n) is 4.01. The Bertz CT molecular complexity index is 1080. The molecule has 3 aromatic rings. The Morgan fingerprint density at radius 3 is 2.47 bits per heavy atom. The van der Waals surface area contributed by atoms with Crippen LogP contribution in [0.15, 0.2) is 48.7 Å². The van der Waals surface area contributed by atoms with E-state index in [1.165, 1.54) is 22.4 Å². The standard InChI is InChI=1S/C21H22ClN5O3/c22-18-11-15-10-16(21(29)30)27(17(15)12-24-18)20(19(23)28)26-8-6-25(7-9-26)13-14-4-2-1-3-5-14/h1-5,10-12,20H,6-9,13H2,(H2,23,28)(H,29,30). The molecule has 2 aromatic heterocycles. The summed E-state index contributed by atoms with van der Waals surface area (Å²) in [7, 11) is 0. The molecule has 4 rings (SSSR count). The van der Waals surface area contributed by atoms with Gasteiger partial charge in [0, 0.05) is 38.1 Å². The predicted molar refractivity (Wildman–Crippen MR) is 113 cm³/mol. The third kappa shape index (κ3) is 4.02. The Labute approximate surface area is 178 Å². The van der Waals surface area contributed by atoms with E-state index in [9.17, 15) is 14.7 Å². The van der Waals surface area contributed by atoms with E-state index in [1.54, 1.807) is 6.07 Å². The number of aromatic nitrogens is 2. The van der Waals surface area contributed by atoms with Crippen molar-refractivity contribution in [2.45, 2.75) is 12.7 Å². The van der Waals surface area contributed by atoms with Crippen molar-refractivity contribution in [3.05, 3.63) is 65.1 Å². The molecule has 1 saturated heterocycles. The molecule has 1 fully saturated rings. The summed E-state index contributed by atoms with van der Waals surface area (Å²) >= 11 is 5.96. The van der Waals surface area contributed by atoms with Crippen LogP contribution < -0.4 is 5.73 Å². The third-order valence-electron chi connectivity index (χ3n) is 5.41. The number of benzene rings is 1. The minimum Gasteiger partial charge on any atom is -0.477 e. The lowest BCUT2D eigenvalue weighted by Gasteiger charge is -2.39. The Hall–Kier alpha value is -2.94. The highest BCUT2D eigenvalue weighted by Gasteiger charge is 2.33. The Kier molecular flexibility index (Phi) is 5.72. The van der Waals surface area contributed by atoms with E-state index in [0.717, 1.165) is 19.6 Å². The molecule has 1 amide bonds. The molecular formula is C21H22ClN5O3. The van der Waals surface area contributed by atoms with Gasteiger partial charge in [-0.1, -0.05) is 41.9 Å². The lowest BCUT2D eigenvalue weighted by Crippen LogP contribution is -2.52. The SMILES string of the molecule is NC(=O)C(N1CCN(Cc2ccccc2)CC1)n1c(C(=O)O)cc2cc(Cl)ncc21. The van der Waals surface area contributed by atoms with Crippen LogP contribution in [0.3, 0.4) is 0 Å². The van der Waals surface area contributed by atoms with Gasteiger partial charge in [0.25, 0.3) is 5.91 Å².